The lowest BCUT2D eigenvalue weighted by molar-refractivity contribution is 0.483. The molecule has 88 valence electrons. The van der Waals surface area contributed by atoms with E-state index in [0.29, 0.717) is 4.31 Å². The molecule has 8 heteroatoms. The van der Waals surface area contributed by atoms with Gasteiger partial charge in [-0.3, -0.25) is 4.55 Å². The van der Waals surface area contributed by atoms with Crippen LogP contribution in [0.15, 0.2) is 42.6 Å². The maximum absolute atomic E-state index is 11.3. The lowest BCUT2D eigenvalue weighted by Gasteiger charge is -2.18. The summed E-state index contributed by atoms with van der Waals surface area (Å²) in [5, 5.41) is 10.3. The van der Waals surface area contributed by atoms with Crippen LogP contribution in [0, 0.1) is 0 Å². The van der Waals surface area contributed by atoms with Gasteiger partial charge in [-0.2, -0.15) is 12.7 Å². The first kappa shape index (κ1) is 11.4. The summed E-state index contributed by atoms with van der Waals surface area (Å²) in [6, 6.07) is 9.38. The maximum Gasteiger partial charge on any atom is 0.365 e. The highest BCUT2D eigenvalue weighted by Crippen LogP contribution is 2.24. The van der Waals surface area contributed by atoms with Crippen molar-refractivity contribution < 1.29 is 13.0 Å². The third kappa shape index (κ3) is 2.55. The molecule has 0 fully saturated rings. The minimum atomic E-state index is -4.47. The van der Waals surface area contributed by atoms with Crippen LogP contribution in [0.3, 0.4) is 0 Å². The summed E-state index contributed by atoms with van der Waals surface area (Å²) in [6.07, 6.45) is 1.28. The Morgan fingerprint density at radius 3 is 2.35 bits per heavy atom. The molecule has 0 bridgehead atoms. The molecular weight excluding hydrogens is 244 g/mol. The van der Waals surface area contributed by atoms with Gasteiger partial charge in [-0.1, -0.05) is 18.2 Å². The van der Waals surface area contributed by atoms with E-state index in [2.05, 4.69) is 15.4 Å². The molecule has 0 saturated carbocycles. The van der Waals surface area contributed by atoms with Gasteiger partial charge in [0.25, 0.3) is 0 Å². The Kier molecular flexibility index (Phi) is 2.98. The highest BCUT2D eigenvalue weighted by Gasteiger charge is 2.23. The van der Waals surface area contributed by atoms with Crippen molar-refractivity contribution in [3.8, 4) is 0 Å². The molecule has 0 unspecified atom stereocenters. The molecule has 1 aromatic heterocycles. The summed E-state index contributed by atoms with van der Waals surface area (Å²) in [4.78, 5) is 0. The van der Waals surface area contributed by atoms with E-state index in [1.807, 2.05) is 0 Å². The van der Waals surface area contributed by atoms with Crippen molar-refractivity contribution >= 4 is 21.8 Å². The lowest BCUT2D eigenvalue weighted by Crippen LogP contribution is -2.26. The quantitative estimate of drug-likeness (QED) is 0.812. The van der Waals surface area contributed by atoms with Crippen LogP contribution in [0.1, 0.15) is 0 Å². The molecule has 1 aromatic carbocycles. The number of benzene rings is 1. The van der Waals surface area contributed by atoms with Crippen molar-refractivity contribution in [3.63, 3.8) is 0 Å². The summed E-state index contributed by atoms with van der Waals surface area (Å²) >= 11 is 0. The molecule has 2 aromatic rings. The zero-order valence-corrected chi connectivity index (χ0v) is 9.32. The van der Waals surface area contributed by atoms with E-state index >= 15 is 0 Å². The van der Waals surface area contributed by atoms with E-state index in [4.69, 9.17) is 0 Å². The van der Waals surface area contributed by atoms with E-state index < -0.39 is 10.3 Å². The van der Waals surface area contributed by atoms with Gasteiger partial charge in [0.1, 0.15) is 0 Å². The molecule has 0 saturated heterocycles. The fraction of sp³-hybridized carbons (Fsp3) is 0. The molecule has 7 nitrogen and oxygen atoms in total. The third-order valence-corrected chi connectivity index (χ3v) is 2.78. The zero-order chi connectivity index (χ0) is 12.3. The maximum atomic E-state index is 11.3. The second kappa shape index (κ2) is 4.44. The SMILES string of the molecule is O=S(=O)(O)N(c1ccccc1)c1ccnnn1. The highest BCUT2D eigenvalue weighted by atomic mass is 32.2. The number of hydrogen-bond acceptors (Lipinski definition) is 5. The predicted octanol–water partition coefficient (Wildman–Crippen LogP) is 0.812. The van der Waals surface area contributed by atoms with Gasteiger partial charge in [0.2, 0.25) is 0 Å². The second-order valence-electron chi connectivity index (χ2n) is 3.06. The summed E-state index contributed by atoms with van der Waals surface area (Å²) < 4.78 is 32.5. The standard InChI is InChI=1S/C9H8N4O3S/c14-17(15,16)13(8-4-2-1-3-5-8)9-6-7-10-12-11-9/h1-7H,(H,14,15,16). The number of para-hydroxylation sites is 1. The van der Waals surface area contributed by atoms with Crippen LogP contribution in [0.25, 0.3) is 0 Å². The molecule has 0 amide bonds. The molecule has 17 heavy (non-hydrogen) atoms. The molecule has 0 spiro atoms. The summed E-state index contributed by atoms with van der Waals surface area (Å²) in [7, 11) is -4.47. The predicted molar refractivity (Wildman–Crippen MR) is 60.0 cm³/mol. The Labute approximate surface area is 97.6 Å². The Morgan fingerprint density at radius 1 is 1.12 bits per heavy atom. The number of hydrogen-bond donors (Lipinski definition) is 1. The number of rotatable bonds is 3. The van der Waals surface area contributed by atoms with Crippen molar-refractivity contribution in [1.82, 2.24) is 15.4 Å². The first-order valence-corrected chi connectivity index (χ1v) is 5.96. The van der Waals surface area contributed by atoms with Crippen molar-refractivity contribution in [1.29, 1.82) is 0 Å². The number of aromatic nitrogens is 3. The minimum Gasteiger partial charge on any atom is -0.269 e. The molecule has 1 heterocycles. The molecular formula is C9H8N4O3S. The highest BCUT2D eigenvalue weighted by molar-refractivity contribution is 7.87. The topological polar surface area (TPSA) is 96.3 Å². The number of anilines is 2. The monoisotopic (exact) mass is 252 g/mol. The van der Waals surface area contributed by atoms with Crippen LogP contribution in [-0.2, 0) is 10.3 Å². The van der Waals surface area contributed by atoms with E-state index in [9.17, 15) is 13.0 Å². The van der Waals surface area contributed by atoms with E-state index in [-0.39, 0.29) is 11.5 Å². The van der Waals surface area contributed by atoms with Crippen LogP contribution < -0.4 is 4.31 Å². The van der Waals surface area contributed by atoms with Crippen molar-refractivity contribution in [2.75, 3.05) is 4.31 Å². The first-order chi connectivity index (χ1) is 8.09. The van der Waals surface area contributed by atoms with Crippen LogP contribution in [0.2, 0.25) is 0 Å². The molecule has 0 radical (unpaired) electrons. The fourth-order valence-electron chi connectivity index (χ4n) is 1.29. The van der Waals surface area contributed by atoms with Gasteiger partial charge >= 0.3 is 10.3 Å². The van der Waals surface area contributed by atoms with Crippen LogP contribution in [0.5, 0.6) is 0 Å². The first-order valence-electron chi connectivity index (χ1n) is 4.56. The zero-order valence-electron chi connectivity index (χ0n) is 8.50. The van der Waals surface area contributed by atoms with Crippen molar-refractivity contribution in [3.05, 3.63) is 42.6 Å². The molecule has 1 N–H and O–H groups in total. The largest absolute Gasteiger partial charge is 0.365 e. The Balaban J connectivity index is 2.56. The van der Waals surface area contributed by atoms with Crippen LogP contribution in [-0.4, -0.2) is 28.4 Å². The second-order valence-corrected chi connectivity index (χ2v) is 4.32. The smallest absolute Gasteiger partial charge is 0.269 e. The Bertz CT molecular complexity index is 549. The Hall–Kier alpha value is -2.06. The summed E-state index contributed by atoms with van der Waals surface area (Å²) in [6.45, 7) is 0. The van der Waals surface area contributed by atoms with E-state index in [1.54, 1.807) is 18.2 Å². The molecule has 0 atom stereocenters. The van der Waals surface area contributed by atoms with Crippen LogP contribution in [0.4, 0.5) is 11.5 Å². The molecule has 0 aliphatic carbocycles. The van der Waals surface area contributed by atoms with Gasteiger partial charge in [-0.05, 0) is 17.3 Å². The van der Waals surface area contributed by atoms with Gasteiger partial charge in [0.05, 0.1) is 11.9 Å². The summed E-state index contributed by atoms with van der Waals surface area (Å²) in [5.41, 5.74) is 0.260. The van der Waals surface area contributed by atoms with Gasteiger partial charge < -0.3 is 0 Å². The molecule has 0 aliphatic rings. The van der Waals surface area contributed by atoms with Gasteiger partial charge in [-0.15, -0.1) is 10.2 Å². The van der Waals surface area contributed by atoms with E-state index in [1.165, 1.54) is 24.4 Å². The summed E-state index contributed by atoms with van der Waals surface area (Å²) in [5.74, 6) is -0.0336. The Morgan fingerprint density at radius 2 is 1.82 bits per heavy atom. The number of nitrogens with zero attached hydrogens (tertiary/aromatic N) is 4. The fourth-order valence-corrected chi connectivity index (χ4v) is 2.01. The third-order valence-electron chi connectivity index (χ3n) is 1.92. The van der Waals surface area contributed by atoms with Crippen molar-refractivity contribution in [2.45, 2.75) is 0 Å². The van der Waals surface area contributed by atoms with Gasteiger partial charge in [0, 0.05) is 6.07 Å². The molecule has 0 aliphatic heterocycles. The van der Waals surface area contributed by atoms with Gasteiger partial charge in [-0.25, -0.2) is 0 Å². The van der Waals surface area contributed by atoms with Crippen LogP contribution >= 0.6 is 0 Å². The average Bonchev–Trinajstić information content (AvgIpc) is 2.30. The molecule has 2 rings (SSSR count). The lowest BCUT2D eigenvalue weighted by atomic mass is 10.3. The minimum absolute atomic E-state index is 0.0336. The normalized spacial score (nSPS) is 11.1. The van der Waals surface area contributed by atoms with E-state index in [0.717, 1.165) is 0 Å². The average molecular weight is 252 g/mol. The van der Waals surface area contributed by atoms with Gasteiger partial charge in [0.15, 0.2) is 5.82 Å². The van der Waals surface area contributed by atoms with Crippen molar-refractivity contribution in [2.24, 2.45) is 0 Å².